The zero-order valence-corrected chi connectivity index (χ0v) is 10.3. The molecular formula is C11H13BrO3. The van der Waals surface area contributed by atoms with Crippen molar-refractivity contribution < 1.29 is 14.3 Å². The highest BCUT2D eigenvalue weighted by Gasteiger charge is 2.10. The van der Waals surface area contributed by atoms with Crippen molar-refractivity contribution in [3.8, 4) is 11.5 Å². The van der Waals surface area contributed by atoms with Crippen LogP contribution in [0.4, 0.5) is 0 Å². The number of rotatable bonds is 4. The molecule has 1 rings (SSSR count). The SMILES string of the molecule is CCOc1ccc(OC(=O)C(C)Br)cc1. The van der Waals surface area contributed by atoms with Crippen molar-refractivity contribution in [3.63, 3.8) is 0 Å². The third kappa shape index (κ3) is 3.91. The van der Waals surface area contributed by atoms with Crippen LogP contribution in [-0.4, -0.2) is 17.4 Å². The van der Waals surface area contributed by atoms with Crippen molar-refractivity contribution in [1.82, 2.24) is 0 Å². The lowest BCUT2D eigenvalue weighted by Gasteiger charge is -2.06. The third-order valence-corrected chi connectivity index (χ3v) is 2.05. The maximum Gasteiger partial charge on any atom is 0.324 e. The van der Waals surface area contributed by atoms with Crippen LogP contribution in [0.1, 0.15) is 13.8 Å². The Morgan fingerprint density at radius 2 is 1.87 bits per heavy atom. The number of hydrogen-bond donors (Lipinski definition) is 0. The number of carbonyl (C=O) groups is 1. The molecule has 15 heavy (non-hydrogen) atoms. The van der Waals surface area contributed by atoms with Crippen LogP contribution in [0.5, 0.6) is 11.5 Å². The number of benzene rings is 1. The first-order chi connectivity index (χ1) is 7.13. The molecule has 0 aliphatic carbocycles. The predicted octanol–water partition coefficient (Wildman–Crippen LogP) is 2.77. The van der Waals surface area contributed by atoms with Gasteiger partial charge in [0.1, 0.15) is 16.3 Å². The molecule has 1 aromatic rings. The van der Waals surface area contributed by atoms with Gasteiger partial charge in [0, 0.05) is 0 Å². The van der Waals surface area contributed by atoms with Crippen molar-refractivity contribution in [2.45, 2.75) is 18.7 Å². The Balaban J connectivity index is 2.60. The van der Waals surface area contributed by atoms with Crippen LogP contribution >= 0.6 is 15.9 Å². The molecule has 3 nitrogen and oxygen atoms in total. The van der Waals surface area contributed by atoms with Gasteiger partial charge in [-0.05, 0) is 38.1 Å². The maximum atomic E-state index is 11.2. The van der Waals surface area contributed by atoms with Gasteiger partial charge < -0.3 is 9.47 Å². The Morgan fingerprint density at radius 3 is 2.33 bits per heavy atom. The van der Waals surface area contributed by atoms with Crippen LogP contribution in [0.25, 0.3) is 0 Å². The predicted molar refractivity (Wildman–Crippen MR) is 61.6 cm³/mol. The van der Waals surface area contributed by atoms with Gasteiger partial charge in [0.2, 0.25) is 0 Å². The van der Waals surface area contributed by atoms with Crippen molar-refractivity contribution in [2.24, 2.45) is 0 Å². The average molecular weight is 273 g/mol. The van der Waals surface area contributed by atoms with Gasteiger partial charge in [-0.2, -0.15) is 0 Å². The molecule has 4 heteroatoms. The maximum absolute atomic E-state index is 11.2. The number of esters is 1. The number of carbonyl (C=O) groups excluding carboxylic acids is 1. The first kappa shape index (κ1) is 12.0. The van der Waals surface area contributed by atoms with E-state index in [1.54, 1.807) is 31.2 Å². The van der Waals surface area contributed by atoms with E-state index in [-0.39, 0.29) is 10.8 Å². The Hall–Kier alpha value is -1.03. The van der Waals surface area contributed by atoms with Gasteiger partial charge >= 0.3 is 5.97 Å². The summed E-state index contributed by atoms with van der Waals surface area (Å²) in [5.74, 6) is 0.984. The fraction of sp³-hybridized carbons (Fsp3) is 0.364. The molecule has 1 aromatic carbocycles. The lowest BCUT2D eigenvalue weighted by Crippen LogP contribution is -2.16. The molecule has 0 bridgehead atoms. The molecule has 0 radical (unpaired) electrons. The van der Waals surface area contributed by atoms with Crippen molar-refractivity contribution in [2.75, 3.05) is 6.61 Å². The number of halogens is 1. The minimum Gasteiger partial charge on any atom is -0.494 e. The molecule has 1 unspecified atom stereocenters. The molecule has 0 N–H and O–H groups in total. The molecule has 0 aliphatic rings. The molecule has 0 saturated carbocycles. The summed E-state index contributed by atoms with van der Waals surface area (Å²) in [6.07, 6.45) is 0. The standard InChI is InChI=1S/C11H13BrO3/c1-3-14-9-4-6-10(7-5-9)15-11(13)8(2)12/h4-8H,3H2,1-2H3. The van der Waals surface area contributed by atoms with Gasteiger partial charge in [-0.25, -0.2) is 0 Å². The second kappa shape index (κ2) is 5.75. The first-order valence-electron chi connectivity index (χ1n) is 4.72. The van der Waals surface area contributed by atoms with Crippen molar-refractivity contribution in [3.05, 3.63) is 24.3 Å². The second-order valence-electron chi connectivity index (χ2n) is 2.94. The Bertz CT molecular complexity index is 319. The Kier molecular flexibility index (Phi) is 4.62. The molecule has 0 heterocycles. The molecule has 0 amide bonds. The van der Waals surface area contributed by atoms with E-state index in [4.69, 9.17) is 9.47 Å². The van der Waals surface area contributed by atoms with E-state index >= 15 is 0 Å². The highest BCUT2D eigenvalue weighted by atomic mass is 79.9. The highest BCUT2D eigenvalue weighted by molar-refractivity contribution is 9.10. The van der Waals surface area contributed by atoms with Gasteiger partial charge in [0.25, 0.3) is 0 Å². The first-order valence-corrected chi connectivity index (χ1v) is 5.63. The topological polar surface area (TPSA) is 35.5 Å². The van der Waals surface area contributed by atoms with Gasteiger partial charge in [-0.15, -0.1) is 0 Å². The summed E-state index contributed by atoms with van der Waals surface area (Å²) in [5.41, 5.74) is 0. The van der Waals surface area contributed by atoms with E-state index in [0.29, 0.717) is 12.4 Å². The summed E-state index contributed by atoms with van der Waals surface area (Å²) in [4.78, 5) is 10.9. The monoisotopic (exact) mass is 272 g/mol. The lowest BCUT2D eigenvalue weighted by atomic mass is 10.3. The summed E-state index contributed by atoms with van der Waals surface area (Å²) in [7, 11) is 0. The molecule has 0 fully saturated rings. The highest BCUT2D eigenvalue weighted by Crippen LogP contribution is 2.18. The van der Waals surface area contributed by atoms with Gasteiger partial charge in [0.05, 0.1) is 6.61 Å². The molecule has 0 aliphatic heterocycles. The Morgan fingerprint density at radius 1 is 1.33 bits per heavy atom. The van der Waals surface area contributed by atoms with Crippen LogP contribution in [0.2, 0.25) is 0 Å². The smallest absolute Gasteiger partial charge is 0.324 e. The zero-order chi connectivity index (χ0) is 11.3. The summed E-state index contributed by atoms with van der Waals surface area (Å²) >= 11 is 3.14. The van der Waals surface area contributed by atoms with E-state index in [0.717, 1.165) is 5.75 Å². The third-order valence-electron chi connectivity index (χ3n) is 1.68. The summed E-state index contributed by atoms with van der Waals surface area (Å²) in [6.45, 7) is 4.26. The van der Waals surface area contributed by atoms with Gasteiger partial charge in [0.15, 0.2) is 0 Å². The molecular weight excluding hydrogens is 260 g/mol. The quantitative estimate of drug-likeness (QED) is 0.480. The van der Waals surface area contributed by atoms with Crippen LogP contribution in [0, 0.1) is 0 Å². The molecule has 1 atom stereocenters. The van der Waals surface area contributed by atoms with Gasteiger partial charge in [-0.1, -0.05) is 15.9 Å². The largest absolute Gasteiger partial charge is 0.494 e. The molecule has 0 aromatic heterocycles. The number of alkyl halides is 1. The van der Waals surface area contributed by atoms with Crippen LogP contribution in [-0.2, 0) is 4.79 Å². The normalized spacial score (nSPS) is 11.9. The number of hydrogen-bond acceptors (Lipinski definition) is 3. The average Bonchev–Trinajstić information content (AvgIpc) is 2.21. The summed E-state index contributed by atoms with van der Waals surface area (Å²) < 4.78 is 10.3. The van der Waals surface area contributed by atoms with Crippen LogP contribution in [0.3, 0.4) is 0 Å². The van der Waals surface area contributed by atoms with E-state index < -0.39 is 0 Å². The minimum atomic E-state index is -0.306. The van der Waals surface area contributed by atoms with Crippen LogP contribution in [0.15, 0.2) is 24.3 Å². The summed E-state index contributed by atoms with van der Waals surface area (Å²) in [5, 5.41) is 0. The molecule has 0 saturated heterocycles. The van der Waals surface area contributed by atoms with Crippen LogP contribution < -0.4 is 9.47 Å². The van der Waals surface area contributed by atoms with Gasteiger partial charge in [-0.3, -0.25) is 4.79 Å². The fourth-order valence-electron chi connectivity index (χ4n) is 0.968. The number of ether oxygens (including phenoxy) is 2. The van der Waals surface area contributed by atoms with E-state index in [1.807, 2.05) is 6.92 Å². The minimum absolute atomic E-state index is 0.302. The van der Waals surface area contributed by atoms with E-state index in [2.05, 4.69) is 15.9 Å². The molecule has 0 spiro atoms. The zero-order valence-electron chi connectivity index (χ0n) is 8.70. The van der Waals surface area contributed by atoms with E-state index in [9.17, 15) is 4.79 Å². The van der Waals surface area contributed by atoms with Crippen molar-refractivity contribution >= 4 is 21.9 Å². The molecule has 82 valence electrons. The fourth-order valence-corrected chi connectivity index (χ4v) is 1.06. The second-order valence-corrected chi connectivity index (χ2v) is 4.32. The van der Waals surface area contributed by atoms with E-state index in [1.165, 1.54) is 0 Å². The van der Waals surface area contributed by atoms with Crippen molar-refractivity contribution in [1.29, 1.82) is 0 Å². The Labute approximate surface area is 97.5 Å². The summed E-state index contributed by atoms with van der Waals surface area (Å²) in [6, 6.07) is 6.95. The lowest BCUT2D eigenvalue weighted by molar-refractivity contribution is -0.133.